The van der Waals surface area contributed by atoms with Gasteiger partial charge in [-0.2, -0.15) is 0 Å². The van der Waals surface area contributed by atoms with Gasteiger partial charge in [-0.1, -0.05) is 19.1 Å². The summed E-state index contributed by atoms with van der Waals surface area (Å²) < 4.78 is 18.2. The summed E-state index contributed by atoms with van der Waals surface area (Å²) in [6.45, 7) is 5.09. The molecule has 1 atom stereocenters. The first-order valence-corrected chi connectivity index (χ1v) is 10.5. The zero-order valence-electron chi connectivity index (χ0n) is 16.2. The number of hydrogen-bond donors (Lipinski definition) is 2. The fraction of sp³-hybridized carbons (Fsp3) is 0.429. The summed E-state index contributed by atoms with van der Waals surface area (Å²) in [5.74, 6) is -0.225. The molecule has 28 heavy (non-hydrogen) atoms. The number of halogens is 1. The molecular formula is C21H26FN2O3S+. The van der Waals surface area contributed by atoms with Gasteiger partial charge in [0.2, 0.25) is 0 Å². The van der Waals surface area contributed by atoms with Crippen LogP contribution in [0.3, 0.4) is 0 Å². The number of ether oxygens (including phenoxy) is 1. The Morgan fingerprint density at radius 3 is 2.79 bits per heavy atom. The zero-order chi connectivity index (χ0) is 20.1. The third-order valence-corrected chi connectivity index (χ3v) is 6.04. The van der Waals surface area contributed by atoms with Crippen molar-refractivity contribution in [1.82, 2.24) is 0 Å². The van der Waals surface area contributed by atoms with Crippen LogP contribution in [-0.2, 0) is 28.9 Å². The summed E-state index contributed by atoms with van der Waals surface area (Å²) in [5.41, 5.74) is 2.51. The molecule has 1 heterocycles. The van der Waals surface area contributed by atoms with Gasteiger partial charge in [0.25, 0.3) is 5.91 Å². The number of benzene rings is 1. The first-order chi connectivity index (χ1) is 13.5. The molecule has 3 rings (SSSR count). The van der Waals surface area contributed by atoms with Crippen molar-refractivity contribution in [3.8, 4) is 0 Å². The van der Waals surface area contributed by atoms with E-state index in [0.29, 0.717) is 29.6 Å². The number of rotatable bonds is 7. The van der Waals surface area contributed by atoms with Crippen LogP contribution in [0.15, 0.2) is 24.3 Å². The van der Waals surface area contributed by atoms with E-state index >= 15 is 0 Å². The molecule has 0 radical (unpaired) electrons. The summed E-state index contributed by atoms with van der Waals surface area (Å²) in [4.78, 5) is 26.1. The predicted molar refractivity (Wildman–Crippen MR) is 107 cm³/mol. The van der Waals surface area contributed by atoms with Gasteiger partial charge in [0.1, 0.15) is 17.4 Å². The lowest BCUT2D eigenvalue weighted by atomic mass is 9.88. The van der Waals surface area contributed by atoms with E-state index in [9.17, 15) is 14.0 Å². The Labute approximate surface area is 168 Å². The Morgan fingerprint density at radius 1 is 1.32 bits per heavy atom. The number of fused-ring (bicyclic) bond motifs is 1. The maximum atomic E-state index is 12.9. The lowest BCUT2D eigenvalue weighted by molar-refractivity contribution is -0.659. The smallest absolute Gasteiger partial charge is 0.341 e. The second-order valence-electron chi connectivity index (χ2n) is 7.15. The highest BCUT2D eigenvalue weighted by atomic mass is 32.1. The maximum absolute atomic E-state index is 12.9. The summed E-state index contributed by atoms with van der Waals surface area (Å²) in [5, 5.41) is 5.35. The number of amides is 1. The van der Waals surface area contributed by atoms with E-state index in [0.717, 1.165) is 30.4 Å². The van der Waals surface area contributed by atoms with E-state index in [-0.39, 0.29) is 24.2 Å². The first-order valence-electron chi connectivity index (χ1n) is 9.65. The van der Waals surface area contributed by atoms with Crippen molar-refractivity contribution in [1.29, 1.82) is 0 Å². The van der Waals surface area contributed by atoms with Crippen molar-refractivity contribution in [2.75, 3.05) is 18.5 Å². The van der Waals surface area contributed by atoms with E-state index in [2.05, 4.69) is 12.2 Å². The lowest BCUT2D eigenvalue weighted by Crippen LogP contribution is -2.84. The van der Waals surface area contributed by atoms with Gasteiger partial charge in [0, 0.05) is 10.4 Å². The van der Waals surface area contributed by atoms with Crippen molar-refractivity contribution in [3.63, 3.8) is 0 Å². The van der Waals surface area contributed by atoms with E-state index < -0.39 is 0 Å². The van der Waals surface area contributed by atoms with Gasteiger partial charge in [-0.15, -0.1) is 11.3 Å². The summed E-state index contributed by atoms with van der Waals surface area (Å²) in [6, 6.07) is 6.23. The number of thiophene rings is 1. The summed E-state index contributed by atoms with van der Waals surface area (Å²) in [7, 11) is 0. The summed E-state index contributed by atoms with van der Waals surface area (Å²) in [6.07, 6.45) is 2.81. The van der Waals surface area contributed by atoms with Crippen LogP contribution in [0.2, 0.25) is 0 Å². The molecule has 1 aliphatic carbocycles. The third-order valence-electron chi connectivity index (χ3n) is 4.87. The Kier molecular flexibility index (Phi) is 6.80. The van der Waals surface area contributed by atoms with Crippen molar-refractivity contribution in [3.05, 3.63) is 51.7 Å². The van der Waals surface area contributed by atoms with Crippen LogP contribution in [0.4, 0.5) is 9.39 Å². The minimum atomic E-state index is -0.361. The lowest BCUT2D eigenvalue weighted by Gasteiger charge is -2.18. The zero-order valence-corrected chi connectivity index (χ0v) is 17.0. The first kappa shape index (κ1) is 20.5. The fourth-order valence-corrected chi connectivity index (χ4v) is 4.84. The second kappa shape index (κ2) is 9.30. The van der Waals surface area contributed by atoms with Crippen LogP contribution in [-0.4, -0.2) is 25.0 Å². The van der Waals surface area contributed by atoms with Crippen molar-refractivity contribution < 1.29 is 24.0 Å². The molecule has 1 amide bonds. The molecule has 1 aromatic heterocycles. The number of carbonyl (C=O) groups excluding carboxylic acids is 2. The second-order valence-corrected chi connectivity index (χ2v) is 8.25. The highest BCUT2D eigenvalue weighted by Crippen LogP contribution is 2.40. The molecule has 1 aromatic carbocycles. The Bertz CT molecular complexity index is 848. The molecule has 3 N–H and O–H groups in total. The summed E-state index contributed by atoms with van der Waals surface area (Å²) >= 11 is 1.49. The molecule has 1 aliphatic rings. The third kappa shape index (κ3) is 4.97. The number of quaternary nitrogens is 1. The average molecular weight is 406 g/mol. The molecular weight excluding hydrogens is 379 g/mol. The van der Waals surface area contributed by atoms with Gasteiger partial charge in [0.05, 0.1) is 12.2 Å². The van der Waals surface area contributed by atoms with Gasteiger partial charge in [-0.25, -0.2) is 9.18 Å². The number of esters is 1. The van der Waals surface area contributed by atoms with Crippen LogP contribution < -0.4 is 10.6 Å². The van der Waals surface area contributed by atoms with Crippen molar-refractivity contribution in [2.24, 2.45) is 5.92 Å². The molecule has 0 spiro atoms. The highest BCUT2D eigenvalue weighted by Gasteiger charge is 2.29. The molecule has 0 saturated heterocycles. The SMILES string of the molecule is CCOC(=O)c1c(NC(=O)C[NH2+]Cc2ccc(F)cc2)sc2c1CC[C@H](C)C2. The van der Waals surface area contributed by atoms with Gasteiger partial charge in [-0.05, 0) is 49.8 Å². The van der Waals surface area contributed by atoms with Crippen LogP contribution in [0.5, 0.6) is 0 Å². The number of hydrogen-bond acceptors (Lipinski definition) is 4. The molecule has 150 valence electrons. The maximum Gasteiger partial charge on any atom is 0.341 e. The van der Waals surface area contributed by atoms with E-state index in [1.165, 1.54) is 28.3 Å². The van der Waals surface area contributed by atoms with E-state index in [4.69, 9.17) is 4.74 Å². The monoisotopic (exact) mass is 405 g/mol. The average Bonchev–Trinajstić information content (AvgIpc) is 3.00. The largest absolute Gasteiger partial charge is 0.462 e. The van der Waals surface area contributed by atoms with Gasteiger partial charge < -0.3 is 15.4 Å². The standard InChI is InChI=1S/C21H25FN2O3S/c1-3-27-21(26)19-16-9-4-13(2)10-17(16)28-20(19)24-18(25)12-23-11-14-5-7-15(22)8-6-14/h5-8,13,23H,3-4,9-12H2,1-2H3,(H,24,25)/p+1/t13-/m0/s1. The number of nitrogens with two attached hydrogens (primary N) is 1. The topological polar surface area (TPSA) is 72.0 Å². The van der Waals surface area contributed by atoms with Crippen molar-refractivity contribution in [2.45, 2.75) is 39.7 Å². The number of anilines is 1. The predicted octanol–water partition coefficient (Wildman–Crippen LogP) is 2.89. The molecule has 0 unspecified atom stereocenters. The Hall–Kier alpha value is -2.25. The van der Waals surface area contributed by atoms with E-state index in [1.54, 1.807) is 19.1 Å². The molecule has 0 fully saturated rings. The Morgan fingerprint density at radius 2 is 2.07 bits per heavy atom. The van der Waals surface area contributed by atoms with Crippen molar-refractivity contribution >= 4 is 28.2 Å². The number of carbonyl (C=O) groups is 2. The highest BCUT2D eigenvalue weighted by molar-refractivity contribution is 7.17. The fourth-order valence-electron chi connectivity index (χ4n) is 3.43. The molecule has 0 aliphatic heterocycles. The van der Waals surface area contributed by atoms with Gasteiger partial charge >= 0.3 is 5.97 Å². The molecule has 0 bridgehead atoms. The quantitative estimate of drug-likeness (QED) is 0.696. The van der Waals surface area contributed by atoms with Crippen LogP contribution >= 0.6 is 11.3 Å². The van der Waals surface area contributed by atoms with E-state index in [1.807, 2.05) is 5.32 Å². The van der Waals surface area contributed by atoms with Crippen LogP contribution in [0.1, 0.15) is 46.6 Å². The molecule has 5 nitrogen and oxygen atoms in total. The van der Waals surface area contributed by atoms with Gasteiger partial charge in [0.15, 0.2) is 6.54 Å². The number of nitrogens with one attached hydrogen (secondary N) is 1. The Balaban J connectivity index is 1.66. The molecule has 7 heteroatoms. The van der Waals surface area contributed by atoms with Crippen LogP contribution in [0, 0.1) is 11.7 Å². The van der Waals surface area contributed by atoms with Gasteiger partial charge in [-0.3, -0.25) is 4.79 Å². The minimum absolute atomic E-state index is 0.167. The normalized spacial score (nSPS) is 15.8. The van der Waals surface area contributed by atoms with Crippen LogP contribution in [0.25, 0.3) is 0 Å². The molecule has 0 saturated carbocycles. The molecule has 2 aromatic rings. The minimum Gasteiger partial charge on any atom is -0.462 e.